The van der Waals surface area contributed by atoms with Crippen LogP contribution in [0.2, 0.25) is 0 Å². The van der Waals surface area contributed by atoms with Crippen molar-refractivity contribution >= 4 is 5.91 Å². The maximum absolute atomic E-state index is 11.1. The summed E-state index contributed by atoms with van der Waals surface area (Å²) >= 11 is 0. The molecule has 0 aromatic rings. The molecular formula is C9H18N2O2. The number of aliphatic hydroxyl groups is 1. The monoisotopic (exact) mass is 186 g/mol. The van der Waals surface area contributed by atoms with Gasteiger partial charge in [0.15, 0.2) is 0 Å². The van der Waals surface area contributed by atoms with Crippen LogP contribution in [0, 0.1) is 0 Å². The molecule has 1 amide bonds. The second-order valence-corrected chi connectivity index (χ2v) is 3.22. The quantitative estimate of drug-likeness (QED) is 0.478. The molecule has 1 atom stereocenters. The number of carbonyl (C=O) groups excluding carboxylic acids is 1. The molecule has 76 valence electrons. The summed E-state index contributed by atoms with van der Waals surface area (Å²) in [6, 6.07) is 0.212. The van der Waals surface area contributed by atoms with Gasteiger partial charge in [-0.15, -0.1) is 0 Å². The fourth-order valence-electron chi connectivity index (χ4n) is 0.798. The normalized spacial score (nSPS) is 14.5. The number of nitrogens with zero attached hydrogens (tertiary/aromatic N) is 1. The standard InChI is InChI=1S/C9H18N2O2/c1-7(9(13)10-6-12)5-8(2)11(3)4/h5,8,12H,6H2,1-4H3,(H,10,13)/b7-5+. The van der Waals surface area contributed by atoms with Gasteiger partial charge in [0, 0.05) is 11.6 Å². The van der Waals surface area contributed by atoms with Crippen LogP contribution in [-0.4, -0.2) is 42.8 Å². The summed E-state index contributed by atoms with van der Waals surface area (Å²) in [5, 5.41) is 10.8. The molecule has 0 aliphatic carbocycles. The van der Waals surface area contributed by atoms with Crippen LogP contribution in [0.1, 0.15) is 13.8 Å². The van der Waals surface area contributed by atoms with Crippen molar-refractivity contribution in [2.24, 2.45) is 0 Å². The van der Waals surface area contributed by atoms with Crippen LogP contribution < -0.4 is 5.32 Å². The van der Waals surface area contributed by atoms with Gasteiger partial charge >= 0.3 is 0 Å². The first kappa shape index (κ1) is 12.1. The summed E-state index contributed by atoms with van der Waals surface area (Å²) in [5.74, 6) is -0.226. The van der Waals surface area contributed by atoms with E-state index in [9.17, 15) is 4.79 Å². The van der Waals surface area contributed by atoms with E-state index < -0.39 is 0 Å². The Morgan fingerprint density at radius 1 is 1.62 bits per heavy atom. The molecule has 13 heavy (non-hydrogen) atoms. The number of aliphatic hydroxyl groups excluding tert-OH is 1. The van der Waals surface area contributed by atoms with Gasteiger partial charge < -0.3 is 15.3 Å². The Labute approximate surface area is 79.2 Å². The lowest BCUT2D eigenvalue weighted by Crippen LogP contribution is -2.27. The van der Waals surface area contributed by atoms with Gasteiger partial charge in [0.25, 0.3) is 0 Å². The molecule has 4 nitrogen and oxygen atoms in total. The lowest BCUT2D eigenvalue weighted by molar-refractivity contribution is -0.118. The fraction of sp³-hybridized carbons (Fsp3) is 0.667. The highest BCUT2D eigenvalue weighted by atomic mass is 16.3. The molecule has 0 rings (SSSR count). The Bertz CT molecular complexity index is 200. The molecule has 0 heterocycles. The Hall–Kier alpha value is -0.870. The first-order valence-electron chi connectivity index (χ1n) is 4.23. The van der Waals surface area contributed by atoms with E-state index in [1.165, 1.54) is 0 Å². The summed E-state index contributed by atoms with van der Waals surface area (Å²) in [6.07, 6.45) is 1.85. The van der Waals surface area contributed by atoms with E-state index >= 15 is 0 Å². The van der Waals surface area contributed by atoms with Crippen LogP contribution in [0.5, 0.6) is 0 Å². The SMILES string of the molecule is C/C(=C\C(C)N(C)C)C(=O)NCO. The molecular weight excluding hydrogens is 168 g/mol. The van der Waals surface area contributed by atoms with Crippen LogP contribution in [0.15, 0.2) is 11.6 Å². The second-order valence-electron chi connectivity index (χ2n) is 3.22. The van der Waals surface area contributed by atoms with Crippen LogP contribution in [0.4, 0.5) is 0 Å². The zero-order chi connectivity index (χ0) is 10.4. The highest BCUT2D eigenvalue weighted by Crippen LogP contribution is 2.00. The number of rotatable bonds is 4. The second kappa shape index (κ2) is 5.72. The van der Waals surface area contributed by atoms with Gasteiger partial charge in [0.2, 0.25) is 5.91 Å². The molecule has 0 saturated heterocycles. The molecule has 0 saturated carbocycles. The third kappa shape index (κ3) is 4.65. The third-order valence-corrected chi connectivity index (χ3v) is 1.90. The minimum atomic E-state index is -0.319. The van der Waals surface area contributed by atoms with Crippen molar-refractivity contribution in [2.45, 2.75) is 19.9 Å². The van der Waals surface area contributed by atoms with Gasteiger partial charge in [-0.3, -0.25) is 4.79 Å². The molecule has 0 fully saturated rings. The van der Waals surface area contributed by atoms with E-state index in [0.717, 1.165) is 0 Å². The molecule has 0 aromatic carbocycles. The molecule has 1 unspecified atom stereocenters. The molecule has 2 N–H and O–H groups in total. The van der Waals surface area contributed by atoms with E-state index in [0.29, 0.717) is 5.57 Å². The number of likely N-dealkylation sites (N-methyl/N-ethyl adjacent to an activating group) is 1. The van der Waals surface area contributed by atoms with Gasteiger partial charge in [-0.1, -0.05) is 6.08 Å². The highest BCUT2D eigenvalue weighted by molar-refractivity contribution is 5.92. The molecule has 0 bridgehead atoms. The lowest BCUT2D eigenvalue weighted by Gasteiger charge is -2.16. The van der Waals surface area contributed by atoms with Crippen LogP contribution in [0.25, 0.3) is 0 Å². The number of hydrogen-bond acceptors (Lipinski definition) is 3. The van der Waals surface area contributed by atoms with Gasteiger partial charge in [0.1, 0.15) is 6.73 Å². The van der Waals surface area contributed by atoms with Gasteiger partial charge in [0.05, 0.1) is 0 Å². The predicted molar refractivity (Wildman–Crippen MR) is 52.1 cm³/mol. The molecule has 0 aliphatic rings. The van der Waals surface area contributed by atoms with Gasteiger partial charge in [-0.2, -0.15) is 0 Å². The first-order valence-corrected chi connectivity index (χ1v) is 4.23. The van der Waals surface area contributed by atoms with Crippen molar-refractivity contribution < 1.29 is 9.90 Å². The van der Waals surface area contributed by atoms with E-state index in [1.807, 2.05) is 32.0 Å². The first-order chi connectivity index (χ1) is 5.99. The van der Waals surface area contributed by atoms with Gasteiger partial charge in [-0.25, -0.2) is 0 Å². The van der Waals surface area contributed by atoms with E-state index in [-0.39, 0.29) is 18.7 Å². The number of nitrogens with one attached hydrogen (secondary N) is 1. The van der Waals surface area contributed by atoms with Crippen LogP contribution >= 0.6 is 0 Å². The number of hydrogen-bond donors (Lipinski definition) is 2. The van der Waals surface area contributed by atoms with Crippen molar-refractivity contribution in [3.8, 4) is 0 Å². The van der Waals surface area contributed by atoms with Crippen molar-refractivity contribution in [1.29, 1.82) is 0 Å². The maximum Gasteiger partial charge on any atom is 0.248 e. The van der Waals surface area contributed by atoms with Gasteiger partial charge in [-0.05, 0) is 27.9 Å². The summed E-state index contributed by atoms with van der Waals surface area (Å²) in [7, 11) is 3.89. The molecule has 0 spiro atoms. The Morgan fingerprint density at radius 2 is 2.15 bits per heavy atom. The highest BCUT2D eigenvalue weighted by Gasteiger charge is 2.06. The van der Waals surface area contributed by atoms with Crippen molar-refractivity contribution in [2.75, 3.05) is 20.8 Å². The predicted octanol–water partition coefficient (Wildman–Crippen LogP) is -0.0512. The fourth-order valence-corrected chi connectivity index (χ4v) is 0.798. The van der Waals surface area contributed by atoms with E-state index in [1.54, 1.807) is 6.92 Å². The minimum Gasteiger partial charge on any atom is -0.376 e. The molecule has 4 heteroatoms. The Morgan fingerprint density at radius 3 is 2.54 bits per heavy atom. The summed E-state index contributed by atoms with van der Waals surface area (Å²) in [4.78, 5) is 13.1. The summed E-state index contributed by atoms with van der Waals surface area (Å²) in [5.41, 5.74) is 0.621. The van der Waals surface area contributed by atoms with E-state index in [4.69, 9.17) is 5.11 Å². The average Bonchev–Trinajstić information content (AvgIpc) is 2.04. The lowest BCUT2D eigenvalue weighted by atomic mass is 10.2. The third-order valence-electron chi connectivity index (χ3n) is 1.90. The minimum absolute atomic E-state index is 0.212. The summed E-state index contributed by atoms with van der Waals surface area (Å²) < 4.78 is 0. The number of carbonyl (C=O) groups is 1. The zero-order valence-corrected chi connectivity index (χ0v) is 8.66. The number of amides is 1. The average molecular weight is 186 g/mol. The van der Waals surface area contributed by atoms with Crippen LogP contribution in [-0.2, 0) is 4.79 Å². The van der Waals surface area contributed by atoms with Crippen molar-refractivity contribution in [3.05, 3.63) is 11.6 Å². The largest absolute Gasteiger partial charge is 0.376 e. The maximum atomic E-state index is 11.1. The van der Waals surface area contributed by atoms with Crippen molar-refractivity contribution in [1.82, 2.24) is 10.2 Å². The molecule has 0 aromatic heterocycles. The Balaban J connectivity index is 4.22. The van der Waals surface area contributed by atoms with Crippen molar-refractivity contribution in [3.63, 3.8) is 0 Å². The summed E-state index contributed by atoms with van der Waals surface area (Å²) in [6.45, 7) is 3.40. The molecule has 0 radical (unpaired) electrons. The zero-order valence-electron chi connectivity index (χ0n) is 8.66. The van der Waals surface area contributed by atoms with Crippen LogP contribution in [0.3, 0.4) is 0 Å². The topological polar surface area (TPSA) is 52.6 Å². The smallest absolute Gasteiger partial charge is 0.248 e. The van der Waals surface area contributed by atoms with E-state index in [2.05, 4.69) is 5.32 Å². The Kier molecular flexibility index (Phi) is 5.34. The molecule has 0 aliphatic heterocycles.